The molecule has 2 bridgehead atoms. The van der Waals surface area contributed by atoms with Crippen LogP contribution in [0.5, 0.6) is 0 Å². The van der Waals surface area contributed by atoms with Crippen LogP contribution in [-0.4, -0.2) is 31.3 Å². The summed E-state index contributed by atoms with van der Waals surface area (Å²) in [4.78, 5) is 12.4. The number of ether oxygens (including phenoxy) is 1. The molecule has 27 heavy (non-hydrogen) atoms. The summed E-state index contributed by atoms with van der Waals surface area (Å²) in [6.07, 6.45) is 4.58. The highest BCUT2D eigenvalue weighted by Gasteiger charge is 2.41. The molecule has 4 heteroatoms. The molecule has 2 atom stereocenters. The number of amides is 1. The van der Waals surface area contributed by atoms with E-state index in [0.717, 1.165) is 18.9 Å². The first kappa shape index (κ1) is 16.8. The molecule has 2 N–H and O–H groups in total. The smallest absolute Gasteiger partial charge is 0.407 e. The second-order valence-electron chi connectivity index (χ2n) is 8.28. The van der Waals surface area contributed by atoms with Crippen LogP contribution in [0.3, 0.4) is 0 Å². The highest BCUT2D eigenvalue weighted by atomic mass is 16.5. The second kappa shape index (κ2) is 6.68. The maximum absolute atomic E-state index is 12.4. The molecule has 1 amide bonds. The Morgan fingerprint density at radius 1 is 1.07 bits per heavy atom. The maximum atomic E-state index is 12.4. The fourth-order valence-corrected chi connectivity index (χ4v) is 5.30. The largest absolute Gasteiger partial charge is 0.449 e. The van der Waals surface area contributed by atoms with Gasteiger partial charge in [0.1, 0.15) is 6.61 Å². The molecular weight excluding hydrogens is 336 g/mol. The van der Waals surface area contributed by atoms with Crippen molar-refractivity contribution in [3.8, 4) is 11.1 Å². The van der Waals surface area contributed by atoms with Gasteiger partial charge in [-0.25, -0.2) is 4.79 Å². The Bertz CT molecular complexity index is 815. The van der Waals surface area contributed by atoms with Gasteiger partial charge < -0.3 is 15.4 Å². The van der Waals surface area contributed by atoms with Gasteiger partial charge in [-0.1, -0.05) is 48.5 Å². The molecule has 1 saturated heterocycles. The number of alkyl carbamates (subject to hydrolysis) is 1. The predicted octanol–water partition coefficient (Wildman–Crippen LogP) is 4.06. The quantitative estimate of drug-likeness (QED) is 0.862. The van der Waals surface area contributed by atoms with Crippen LogP contribution < -0.4 is 10.6 Å². The summed E-state index contributed by atoms with van der Waals surface area (Å²) in [6, 6.07) is 16.8. The zero-order chi connectivity index (χ0) is 18.3. The van der Waals surface area contributed by atoms with Crippen LogP contribution >= 0.6 is 0 Å². The number of nitrogens with one attached hydrogen (secondary N) is 2. The third-order valence-corrected chi connectivity index (χ3v) is 6.68. The van der Waals surface area contributed by atoms with Gasteiger partial charge in [0.25, 0.3) is 0 Å². The Labute approximate surface area is 160 Å². The zero-order valence-electron chi connectivity index (χ0n) is 15.5. The third-order valence-electron chi connectivity index (χ3n) is 6.68. The molecule has 5 rings (SSSR count). The van der Waals surface area contributed by atoms with E-state index in [-0.39, 0.29) is 17.6 Å². The van der Waals surface area contributed by atoms with E-state index < -0.39 is 0 Å². The van der Waals surface area contributed by atoms with Gasteiger partial charge in [-0.05, 0) is 60.4 Å². The average molecular weight is 362 g/mol. The zero-order valence-corrected chi connectivity index (χ0v) is 15.5. The molecule has 0 radical (unpaired) electrons. The number of carbonyl (C=O) groups is 1. The number of carbonyl (C=O) groups excluding carboxylic acids is 1. The summed E-state index contributed by atoms with van der Waals surface area (Å²) < 4.78 is 5.66. The summed E-state index contributed by atoms with van der Waals surface area (Å²) in [5.74, 6) is 0.945. The van der Waals surface area contributed by atoms with E-state index in [2.05, 4.69) is 59.2 Å². The minimum Gasteiger partial charge on any atom is -0.449 e. The number of hydrogen-bond donors (Lipinski definition) is 2. The van der Waals surface area contributed by atoms with Crippen molar-refractivity contribution < 1.29 is 9.53 Å². The number of hydrogen-bond acceptors (Lipinski definition) is 3. The van der Waals surface area contributed by atoms with Crippen LogP contribution in [0, 0.1) is 5.92 Å². The Kier molecular flexibility index (Phi) is 4.16. The Hall–Kier alpha value is -2.33. The lowest BCUT2D eigenvalue weighted by molar-refractivity contribution is 0.137. The summed E-state index contributed by atoms with van der Waals surface area (Å²) in [5, 5.41) is 6.65. The number of piperidine rings is 1. The van der Waals surface area contributed by atoms with Gasteiger partial charge in [0.2, 0.25) is 0 Å². The van der Waals surface area contributed by atoms with Gasteiger partial charge in [-0.15, -0.1) is 0 Å². The molecule has 4 nitrogen and oxygen atoms in total. The Morgan fingerprint density at radius 2 is 1.78 bits per heavy atom. The van der Waals surface area contributed by atoms with Gasteiger partial charge in [-0.3, -0.25) is 0 Å². The van der Waals surface area contributed by atoms with Crippen molar-refractivity contribution in [2.75, 3.05) is 19.7 Å². The molecule has 2 aromatic rings. The molecule has 1 saturated carbocycles. The van der Waals surface area contributed by atoms with Crippen molar-refractivity contribution in [2.24, 2.45) is 5.92 Å². The fourth-order valence-electron chi connectivity index (χ4n) is 5.30. The van der Waals surface area contributed by atoms with Crippen molar-refractivity contribution >= 4 is 6.09 Å². The standard InChI is InChI=1S/C23H26N2O2/c26-22(24-15-23-11-9-16(13-23)10-12-25-23)27-14-21-19-7-3-1-5-17(19)18-6-2-4-8-20(18)21/h1-8,16,21,25H,9-15H2,(H,24,26). The monoisotopic (exact) mass is 362 g/mol. The maximum Gasteiger partial charge on any atom is 0.407 e. The molecular formula is C23H26N2O2. The van der Waals surface area contributed by atoms with Crippen molar-refractivity contribution in [1.29, 1.82) is 0 Å². The van der Waals surface area contributed by atoms with Crippen LogP contribution in [0.1, 0.15) is 42.7 Å². The summed E-state index contributed by atoms with van der Waals surface area (Å²) >= 11 is 0. The van der Waals surface area contributed by atoms with E-state index in [1.54, 1.807) is 0 Å². The molecule has 1 aliphatic heterocycles. The minimum absolute atomic E-state index is 0.0918. The van der Waals surface area contributed by atoms with E-state index in [1.165, 1.54) is 41.5 Å². The summed E-state index contributed by atoms with van der Waals surface area (Å²) in [5.41, 5.74) is 5.10. The van der Waals surface area contributed by atoms with E-state index >= 15 is 0 Å². The first-order valence-corrected chi connectivity index (χ1v) is 10.1. The minimum atomic E-state index is -0.304. The Morgan fingerprint density at radius 3 is 2.52 bits per heavy atom. The number of rotatable bonds is 4. The van der Waals surface area contributed by atoms with Crippen molar-refractivity contribution in [1.82, 2.24) is 10.6 Å². The third kappa shape index (κ3) is 3.02. The van der Waals surface area contributed by atoms with E-state index in [1.807, 2.05) is 0 Å². The van der Waals surface area contributed by atoms with Gasteiger partial charge in [0.15, 0.2) is 0 Å². The lowest BCUT2D eigenvalue weighted by Crippen LogP contribution is -2.54. The van der Waals surface area contributed by atoms with Crippen molar-refractivity contribution in [3.05, 3.63) is 59.7 Å². The van der Waals surface area contributed by atoms with Gasteiger partial charge in [0, 0.05) is 18.0 Å². The number of fused-ring (bicyclic) bond motifs is 5. The van der Waals surface area contributed by atoms with E-state index in [0.29, 0.717) is 13.2 Å². The van der Waals surface area contributed by atoms with Crippen LogP contribution in [-0.2, 0) is 4.74 Å². The molecule has 0 spiro atoms. The van der Waals surface area contributed by atoms with Crippen molar-refractivity contribution in [2.45, 2.75) is 37.1 Å². The van der Waals surface area contributed by atoms with E-state index in [9.17, 15) is 4.79 Å². The molecule has 140 valence electrons. The predicted molar refractivity (Wildman–Crippen MR) is 106 cm³/mol. The topological polar surface area (TPSA) is 50.4 Å². The molecule has 2 aromatic carbocycles. The summed E-state index contributed by atoms with van der Waals surface area (Å²) in [7, 11) is 0. The summed E-state index contributed by atoms with van der Waals surface area (Å²) in [6.45, 7) is 2.11. The molecule has 0 aromatic heterocycles. The van der Waals surface area contributed by atoms with Crippen molar-refractivity contribution in [3.63, 3.8) is 0 Å². The van der Waals surface area contributed by atoms with Crippen LogP contribution in [0.2, 0.25) is 0 Å². The molecule has 2 unspecified atom stereocenters. The average Bonchev–Trinajstić information content (AvgIpc) is 3.19. The van der Waals surface area contributed by atoms with Crippen LogP contribution in [0.15, 0.2) is 48.5 Å². The van der Waals surface area contributed by atoms with Crippen LogP contribution in [0.4, 0.5) is 4.79 Å². The van der Waals surface area contributed by atoms with Gasteiger partial charge in [-0.2, -0.15) is 0 Å². The van der Waals surface area contributed by atoms with Gasteiger partial charge >= 0.3 is 6.09 Å². The first-order chi connectivity index (χ1) is 13.2. The lowest BCUT2D eigenvalue weighted by atomic mass is 9.91. The molecule has 3 aliphatic rings. The Balaban J connectivity index is 1.23. The van der Waals surface area contributed by atoms with Gasteiger partial charge in [0.05, 0.1) is 0 Å². The lowest BCUT2D eigenvalue weighted by Gasteiger charge is -2.34. The SMILES string of the molecule is O=C(NCC12CCC(CCN1)C2)OCC1c2ccccc2-c2ccccc21. The molecule has 2 aliphatic carbocycles. The second-order valence-corrected chi connectivity index (χ2v) is 8.28. The molecule has 2 fully saturated rings. The van der Waals surface area contributed by atoms with Crippen LogP contribution in [0.25, 0.3) is 11.1 Å². The van der Waals surface area contributed by atoms with E-state index in [4.69, 9.17) is 4.74 Å². The first-order valence-electron chi connectivity index (χ1n) is 10.1. The highest BCUT2D eigenvalue weighted by Crippen LogP contribution is 2.44. The fraction of sp³-hybridized carbons (Fsp3) is 0.435. The molecule has 1 heterocycles. The normalized spacial score (nSPS) is 25.7. The highest BCUT2D eigenvalue weighted by molar-refractivity contribution is 5.79. The number of benzene rings is 2.